The normalized spacial score (nSPS) is 15.3. The number of rotatable bonds is 5. The van der Waals surface area contributed by atoms with E-state index in [1.807, 2.05) is 55.4 Å². The van der Waals surface area contributed by atoms with Crippen LogP contribution in [0, 0.1) is 0 Å². The van der Waals surface area contributed by atoms with Crippen LogP contribution in [0.15, 0.2) is 54.6 Å². The molecule has 0 N–H and O–H groups in total. The molecule has 0 unspecified atom stereocenters. The topological polar surface area (TPSA) is 43.9 Å². The van der Waals surface area contributed by atoms with Crippen LogP contribution in [0.1, 0.15) is 0 Å². The van der Waals surface area contributed by atoms with Gasteiger partial charge < -0.3 is 14.7 Å². The summed E-state index contributed by atoms with van der Waals surface area (Å²) in [5.74, 6) is -0.136. The first-order chi connectivity index (χ1) is 12.5. The van der Waals surface area contributed by atoms with E-state index < -0.39 is 0 Å². The van der Waals surface area contributed by atoms with Crippen molar-refractivity contribution in [1.82, 2.24) is 9.80 Å². The summed E-state index contributed by atoms with van der Waals surface area (Å²) in [6.07, 6.45) is 3.38. The fourth-order valence-corrected chi connectivity index (χ4v) is 3.85. The Morgan fingerprint density at radius 3 is 2.62 bits per heavy atom. The minimum absolute atomic E-state index is 0.0351. The number of piperazine rings is 1. The van der Waals surface area contributed by atoms with Gasteiger partial charge in [-0.1, -0.05) is 36.4 Å². The zero-order chi connectivity index (χ0) is 18.5. The molecule has 2 aromatic rings. The smallest absolute Gasteiger partial charge is 0.247 e. The minimum atomic E-state index is -0.101. The van der Waals surface area contributed by atoms with Crippen molar-refractivity contribution in [1.29, 1.82) is 0 Å². The predicted molar refractivity (Wildman–Crippen MR) is 106 cm³/mol. The van der Waals surface area contributed by atoms with Gasteiger partial charge in [0.25, 0.3) is 0 Å². The van der Waals surface area contributed by atoms with Gasteiger partial charge in [0.1, 0.15) is 6.54 Å². The van der Waals surface area contributed by atoms with Crippen LogP contribution in [0.25, 0.3) is 10.4 Å². The average Bonchev–Trinajstić information content (AvgIpc) is 3.12. The number of thiophene rings is 1. The van der Waals surface area contributed by atoms with Crippen LogP contribution in [0.3, 0.4) is 0 Å². The number of carbonyl (C=O) groups excluding carboxylic acids is 2. The van der Waals surface area contributed by atoms with Crippen LogP contribution < -0.4 is 4.90 Å². The summed E-state index contributed by atoms with van der Waals surface area (Å²) in [7, 11) is 3.89. The molecule has 2 heterocycles. The minimum Gasteiger partial charge on any atom is -0.328 e. The summed E-state index contributed by atoms with van der Waals surface area (Å²) in [4.78, 5) is 31.3. The van der Waals surface area contributed by atoms with Crippen molar-refractivity contribution in [2.75, 3.05) is 45.2 Å². The van der Waals surface area contributed by atoms with Crippen LogP contribution in [-0.2, 0) is 9.59 Å². The largest absolute Gasteiger partial charge is 0.328 e. The van der Waals surface area contributed by atoms with Gasteiger partial charge in [-0.25, -0.2) is 0 Å². The molecule has 2 amide bonds. The van der Waals surface area contributed by atoms with E-state index in [9.17, 15) is 9.59 Å². The van der Waals surface area contributed by atoms with Crippen LogP contribution in [0.4, 0.5) is 5.00 Å². The molecule has 5 nitrogen and oxygen atoms in total. The molecule has 1 aromatic heterocycles. The molecule has 0 bridgehead atoms. The summed E-state index contributed by atoms with van der Waals surface area (Å²) in [6, 6.07) is 14.2. The molecule has 0 aliphatic carbocycles. The Hall–Kier alpha value is -2.44. The van der Waals surface area contributed by atoms with E-state index in [1.165, 1.54) is 0 Å². The van der Waals surface area contributed by atoms with Crippen molar-refractivity contribution in [2.45, 2.75) is 0 Å². The molecule has 1 aliphatic rings. The molecule has 136 valence electrons. The second kappa shape index (κ2) is 8.29. The summed E-state index contributed by atoms with van der Waals surface area (Å²) in [5.41, 5.74) is 1.15. The van der Waals surface area contributed by atoms with Crippen molar-refractivity contribution in [2.24, 2.45) is 0 Å². The predicted octanol–water partition coefficient (Wildman–Crippen LogP) is 2.71. The number of amides is 2. The van der Waals surface area contributed by atoms with Crippen LogP contribution >= 0.6 is 11.3 Å². The Morgan fingerprint density at radius 2 is 1.92 bits per heavy atom. The van der Waals surface area contributed by atoms with E-state index >= 15 is 0 Å². The summed E-state index contributed by atoms with van der Waals surface area (Å²) in [6.45, 7) is 1.91. The lowest BCUT2D eigenvalue weighted by Gasteiger charge is -2.33. The standard InChI is InChI=1S/C20H23N3O2S/c1-21(2)12-6-9-18(24)22-13-14-23(19(25)15-22)20-11-10-17(26-20)16-7-4-3-5-8-16/h3-11H,12-15H2,1-2H3/b9-6+. The van der Waals surface area contributed by atoms with Gasteiger partial charge in [-0.15, -0.1) is 11.3 Å². The second-order valence-corrected chi connectivity index (χ2v) is 7.54. The molecule has 3 rings (SSSR count). The number of nitrogens with zero attached hydrogens (tertiary/aromatic N) is 3. The van der Waals surface area contributed by atoms with Crippen molar-refractivity contribution in [3.8, 4) is 10.4 Å². The molecular weight excluding hydrogens is 346 g/mol. The van der Waals surface area contributed by atoms with E-state index in [2.05, 4.69) is 12.1 Å². The first-order valence-corrected chi connectivity index (χ1v) is 9.42. The molecule has 0 atom stereocenters. The quantitative estimate of drug-likeness (QED) is 0.761. The van der Waals surface area contributed by atoms with E-state index in [0.717, 1.165) is 15.4 Å². The Labute approximate surface area is 158 Å². The van der Waals surface area contributed by atoms with Crippen molar-refractivity contribution in [3.63, 3.8) is 0 Å². The Balaban J connectivity index is 1.63. The molecule has 1 saturated heterocycles. The van der Waals surface area contributed by atoms with Gasteiger partial charge in [0, 0.05) is 30.6 Å². The van der Waals surface area contributed by atoms with E-state index in [4.69, 9.17) is 0 Å². The molecule has 0 saturated carbocycles. The maximum absolute atomic E-state index is 12.5. The summed E-state index contributed by atoms with van der Waals surface area (Å²) in [5, 5.41) is 0.934. The van der Waals surface area contributed by atoms with Crippen LogP contribution in [0.2, 0.25) is 0 Å². The molecular formula is C20H23N3O2S. The van der Waals surface area contributed by atoms with Crippen molar-refractivity contribution >= 4 is 28.2 Å². The van der Waals surface area contributed by atoms with Gasteiger partial charge in [0.15, 0.2) is 0 Å². The maximum Gasteiger partial charge on any atom is 0.247 e. The van der Waals surface area contributed by atoms with Gasteiger partial charge in [0.2, 0.25) is 11.8 Å². The Kier molecular flexibility index (Phi) is 5.85. The lowest BCUT2D eigenvalue weighted by molar-refractivity contribution is -0.133. The molecule has 0 radical (unpaired) electrons. The van der Waals surface area contributed by atoms with Gasteiger partial charge in [0.05, 0.1) is 5.00 Å². The molecule has 1 aromatic carbocycles. The van der Waals surface area contributed by atoms with Gasteiger partial charge in [-0.05, 0) is 31.8 Å². The molecule has 0 spiro atoms. The third kappa shape index (κ3) is 4.39. The first kappa shape index (κ1) is 18.4. The number of carbonyl (C=O) groups is 2. The molecule has 26 heavy (non-hydrogen) atoms. The Bertz CT molecular complexity index is 798. The summed E-state index contributed by atoms with van der Waals surface area (Å²) < 4.78 is 0. The zero-order valence-corrected chi connectivity index (χ0v) is 15.9. The highest BCUT2D eigenvalue weighted by Gasteiger charge is 2.28. The SMILES string of the molecule is CN(C)C/C=C/C(=O)N1CCN(c2ccc(-c3ccccc3)s2)C(=O)C1. The third-order valence-corrected chi connectivity index (χ3v) is 5.34. The van der Waals surface area contributed by atoms with Crippen LogP contribution in [-0.4, -0.2) is 61.9 Å². The van der Waals surface area contributed by atoms with E-state index in [1.54, 1.807) is 27.2 Å². The lowest BCUT2D eigenvalue weighted by atomic mass is 10.2. The number of likely N-dealkylation sites (N-methyl/N-ethyl adjacent to an activating group) is 1. The van der Waals surface area contributed by atoms with E-state index in [0.29, 0.717) is 19.6 Å². The van der Waals surface area contributed by atoms with Crippen molar-refractivity contribution < 1.29 is 9.59 Å². The fraction of sp³-hybridized carbons (Fsp3) is 0.300. The highest BCUT2D eigenvalue weighted by atomic mass is 32.1. The number of anilines is 1. The molecule has 1 fully saturated rings. The van der Waals surface area contributed by atoms with Crippen molar-refractivity contribution in [3.05, 3.63) is 54.6 Å². The van der Waals surface area contributed by atoms with Gasteiger partial charge in [-0.3, -0.25) is 9.59 Å². The number of hydrogen-bond acceptors (Lipinski definition) is 4. The fourth-order valence-electron chi connectivity index (χ4n) is 2.79. The highest BCUT2D eigenvalue weighted by molar-refractivity contribution is 7.19. The summed E-state index contributed by atoms with van der Waals surface area (Å²) >= 11 is 1.61. The lowest BCUT2D eigenvalue weighted by Crippen LogP contribution is -2.51. The average molecular weight is 369 g/mol. The third-order valence-electron chi connectivity index (χ3n) is 4.18. The Morgan fingerprint density at radius 1 is 1.15 bits per heavy atom. The highest BCUT2D eigenvalue weighted by Crippen LogP contribution is 2.34. The zero-order valence-electron chi connectivity index (χ0n) is 15.1. The number of hydrogen-bond donors (Lipinski definition) is 0. The van der Waals surface area contributed by atoms with Crippen LogP contribution in [0.5, 0.6) is 0 Å². The maximum atomic E-state index is 12.5. The monoisotopic (exact) mass is 369 g/mol. The first-order valence-electron chi connectivity index (χ1n) is 8.60. The van der Waals surface area contributed by atoms with Gasteiger partial charge in [-0.2, -0.15) is 0 Å². The molecule has 1 aliphatic heterocycles. The molecule has 6 heteroatoms. The number of benzene rings is 1. The van der Waals surface area contributed by atoms with E-state index in [-0.39, 0.29) is 18.4 Å². The second-order valence-electron chi connectivity index (χ2n) is 6.47. The van der Waals surface area contributed by atoms with Gasteiger partial charge >= 0.3 is 0 Å².